The molecule has 1 aliphatic rings. The second-order valence-electron chi connectivity index (χ2n) is 5.96. The van der Waals surface area contributed by atoms with Crippen molar-refractivity contribution in [3.05, 3.63) is 53.1 Å². The van der Waals surface area contributed by atoms with Crippen LogP contribution in [0, 0.1) is 17.6 Å². The molecule has 0 saturated heterocycles. The third-order valence-electron chi connectivity index (χ3n) is 4.34. The molecule has 7 heteroatoms. The lowest BCUT2D eigenvalue weighted by molar-refractivity contribution is -0.126. The normalized spacial score (nSPS) is 15.6. The number of rotatable bonds is 5. The summed E-state index contributed by atoms with van der Waals surface area (Å²) in [5, 5.41) is 2.64. The Morgan fingerprint density at radius 1 is 1.19 bits per heavy atom. The Balaban J connectivity index is 1.65. The molecule has 1 heterocycles. The van der Waals surface area contributed by atoms with Crippen molar-refractivity contribution in [3.8, 4) is 17.2 Å². The Hall–Kier alpha value is -2.83. The number of amides is 1. The van der Waals surface area contributed by atoms with Crippen LogP contribution in [0.4, 0.5) is 8.78 Å². The molecule has 1 N–H and O–H groups in total. The highest BCUT2D eigenvalue weighted by molar-refractivity contribution is 5.79. The number of benzene rings is 2. The van der Waals surface area contributed by atoms with Crippen LogP contribution in [0.1, 0.15) is 11.1 Å². The maximum absolute atomic E-state index is 14.0. The van der Waals surface area contributed by atoms with Crippen molar-refractivity contribution in [3.63, 3.8) is 0 Å². The summed E-state index contributed by atoms with van der Waals surface area (Å²) in [4.78, 5) is 12.4. The van der Waals surface area contributed by atoms with Crippen LogP contribution in [-0.4, -0.2) is 26.7 Å². The SMILES string of the molecule is COc1ccc2c(c1)C[C@H](C(=O)NCc1ccc(OC)c(F)c1F)CO2. The molecule has 0 bridgehead atoms. The summed E-state index contributed by atoms with van der Waals surface area (Å²) in [6.07, 6.45) is 0.484. The van der Waals surface area contributed by atoms with Gasteiger partial charge in [-0.05, 0) is 36.2 Å². The summed E-state index contributed by atoms with van der Waals surface area (Å²) in [5.41, 5.74) is 0.924. The molecular formula is C19H19F2NO4. The van der Waals surface area contributed by atoms with Gasteiger partial charge < -0.3 is 19.5 Å². The number of methoxy groups -OCH3 is 2. The number of nitrogens with one attached hydrogen (secondary N) is 1. The largest absolute Gasteiger partial charge is 0.497 e. The van der Waals surface area contributed by atoms with Gasteiger partial charge >= 0.3 is 0 Å². The van der Waals surface area contributed by atoms with E-state index in [2.05, 4.69) is 5.32 Å². The van der Waals surface area contributed by atoms with Gasteiger partial charge in [-0.1, -0.05) is 6.07 Å². The number of hydrogen-bond donors (Lipinski definition) is 1. The van der Waals surface area contributed by atoms with Crippen molar-refractivity contribution in [2.24, 2.45) is 5.92 Å². The first kappa shape index (κ1) is 18.0. The van der Waals surface area contributed by atoms with Crippen molar-refractivity contribution in [2.45, 2.75) is 13.0 Å². The molecule has 5 nitrogen and oxygen atoms in total. The number of ether oxygens (including phenoxy) is 3. The van der Waals surface area contributed by atoms with Crippen LogP contribution in [0.5, 0.6) is 17.2 Å². The average molecular weight is 363 g/mol. The number of fused-ring (bicyclic) bond motifs is 1. The van der Waals surface area contributed by atoms with Crippen molar-refractivity contribution >= 4 is 5.91 Å². The minimum absolute atomic E-state index is 0.0513. The Morgan fingerprint density at radius 3 is 2.73 bits per heavy atom. The third-order valence-corrected chi connectivity index (χ3v) is 4.34. The van der Waals surface area contributed by atoms with E-state index >= 15 is 0 Å². The fraction of sp³-hybridized carbons (Fsp3) is 0.316. The van der Waals surface area contributed by atoms with E-state index in [0.29, 0.717) is 12.2 Å². The van der Waals surface area contributed by atoms with E-state index in [-0.39, 0.29) is 30.4 Å². The highest BCUT2D eigenvalue weighted by Gasteiger charge is 2.26. The first-order valence-electron chi connectivity index (χ1n) is 8.11. The van der Waals surface area contributed by atoms with Crippen LogP contribution >= 0.6 is 0 Å². The zero-order valence-electron chi connectivity index (χ0n) is 14.5. The number of carbonyl (C=O) groups is 1. The number of hydrogen-bond acceptors (Lipinski definition) is 4. The zero-order chi connectivity index (χ0) is 18.7. The highest BCUT2D eigenvalue weighted by atomic mass is 19.2. The fourth-order valence-electron chi connectivity index (χ4n) is 2.86. The molecule has 2 aromatic carbocycles. The minimum atomic E-state index is -1.07. The molecule has 138 valence electrons. The molecule has 3 rings (SSSR count). The first-order chi connectivity index (χ1) is 12.5. The molecule has 1 aliphatic heterocycles. The summed E-state index contributed by atoms with van der Waals surface area (Å²) in [6.45, 7) is 0.109. The van der Waals surface area contributed by atoms with Crippen LogP contribution in [0.15, 0.2) is 30.3 Å². The Labute approximate surface area is 149 Å². The van der Waals surface area contributed by atoms with Gasteiger partial charge in [0.1, 0.15) is 18.1 Å². The summed E-state index contributed by atoms with van der Waals surface area (Å²) in [7, 11) is 2.83. The van der Waals surface area contributed by atoms with E-state index < -0.39 is 17.6 Å². The smallest absolute Gasteiger partial charge is 0.227 e. The van der Waals surface area contributed by atoms with Gasteiger partial charge in [-0.2, -0.15) is 4.39 Å². The lowest BCUT2D eigenvalue weighted by atomic mass is 9.95. The lowest BCUT2D eigenvalue weighted by Gasteiger charge is -2.25. The van der Waals surface area contributed by atoms with Gasteiger partial charge in [0.2, 0.25) is 11.7 Å². The van der Waals surface area contributed by atoms with Crippen molar-refractivity contribution in [1.29, 1.82) is 0 Å². The highest BCUT2D eigenvalue weighted by Crippen LogP contribution is 2.31. The maximum Gasteiger partial charge on any atom is 0.227 e. The molecule has 1 atom stereocenters. The van der Waals surface area contributed by atoms with E-state index in [9.17, 15) is 13.6 Å². The minimum Gasteiger partial charge on any atom is -0.497 e. The summed E-state index contributed by atoms with van der Waals surface area (Å²) in [6, 6.07) is 8.13. The average Bonchev–Trinajstić information content (AvgIpc) is 2.68. The van der Waals surface area contributed by atoms with Crippen LogP contribution in [0.2, 0.25) is 0 Å². The van der Waals surface area contributed by atoms with Gasteiger partial charge in [-0.15, -0.1) is 0 Å². The van der Waals surface area contributed by atoms with Gasteiger partial charge in [-0.25, -0.2) is 4.39 Å². The molecular weight excluding hydrogens is 344 g/mol. The molecule has 0 radical (unpaired) electrons. The second kappa shape index (κ2) is 7.59. The maximum atomic E-state index is 14.0. The van der Waals surface area contributed by atoms with E-state index in [1.807, 2.05) is 6.07 Å². The molecule has 0 saturated carbocycles. The monoisotopic (exact) mass is 363 g/mol. The fourth-order valence-corrected chi connectivity index (χ4v) is 2.86. The van der Waals surface area contributed by atoms with E-state index in [1.54, 1.807) is 19.2 Å². The number of carbonyl (C=O) groups excluding carboxylic acids is 1. The van der Waals surface area contributed by atoms with E-state index in [4.69, 9.17) is 14.2 Å². The van der Waals surface area contributed by atoms with Crippen LogP contribution < -0.4 is 19.5 Å². The van der Waals surface area contributed by atoms with Crippen LogP contribution in [0.3, 0.4) is 0 Å². The van der Waals surface area contributed by atoms with E-state index in [0.717, 1.165) is 11.3 Å². The summed E-state index contributed by atoms with van der Waals surface area (Å²) >= 11 is 0. The first-order valence-corrected chi connectivity index (χ1v) is 8.11. The Morgan fingerprint density at radius 2 is 2.00 bits per heavy atom. The van der Waals surface area contributed by atoms with Crippen molar-refractivity contribution in [1.82, 2.24) is 5.32 Å². The molecule has 1 amide bonds. The third kappa shape index (κ3) is 3.56. The van der Waals surface area contributed by atoms with Crippen molar-refractivity contribution in [2.75, 3.05) is 20.8 Å². The van der Waals surface area contributed by atoms with Crippen molar-refractivity contribution < 1.29 is 27.8 Å². The topological polar surface area (TPSA) is 56.8 Å². The lowest BCUT2D eigenvalue weighted by Crippen LogP contribution is -2.37. The molecule has 2 aromatic rings. The molecule has 0 fully saturated rings. The Kier molecular flexibility index (Phi) is 5.25. The summed E-state index contributed by atoms with van der Waals surface area (Å²) in [5.74, 6) is -1.57. The predicted molar refractivity (Wildman–Crippen MR) is 90.4 cm³/mol. The number of halogens is 2. The zero-order valence-corrected chi connectivity index (χ0v) is 14.5. The van der Waals surface area contributed by atoms with Gasteiger partial charge in [0.05, 0.1) is 20.1 Å². The molecule has 0 aliphatic carbocycles. The van der Waals surface area contributed by atoms with Crippen LogP contribution in [0.25, 0.3) is 0 Å². The molecule has 0 spiro atoms. The van der Waals surface area contributed by atoms with Gasteiger partial charge in [0.15, 0.2) is 11.6 Å². The van der Waals surface area contributed by atoms with Gasteiger partial charge in [0, 0.05) is 12.1 Å². The quantitative estimate of drug-likeness (QED) is 0.888. The molecule has 26 heavy (non-hydrogen) atoms. The predicted octanol–water partition coefficient (Wildman–Crippen LogP) is 2.85. The van der Waals surface area contributed by atoms with Gasteiger partial charge in [-0.3, -0.25) is 4.79 Å². The Bertz CT molecular complexity index is 825. The second-order valence-corrected chi connectivity index (χ2v) is 5.96. The molecule has 0 aromatic heterocycles. The summed E-state index contributed by atoms with van der Waals surface area (Å²) < 4.78 is 43.2. The van der Waals surface area contributed by atoms with E-state index in [1.165, 1.54) is 19.2 Å². The van der Waals surface area contributed by atoms with Gasteiger partial charge in [0.25, 0.3) is 0 Å². The van der Waals surface area contributed by atoms with Crippen LogP contribution in [-0.2, 0) is 17.8 Å². The standard InChI is InChI=1S/C19H19F2NO4/c1-24-14-4-6-15-12(8-14)7-13(10-26-15)19(23)22-9-11-3-5-16(25-2)18(21)17(11)20/h3-6,8,13H,7,9-10H2,1-2H3,(H,22,23)/t13-/m0/s1. The molecule has 0 unspecified atom stereocenters.